The van der Waals surface area contributed by atoms with Crippen LogP contribution in [0.4, 0.5) is 0 Å². The number of hydrogen-bond donors (Lipinski definition) is 0. The molecule has 3 saturated heterocycles. The second-order valence-corrected chi connectivity index (χ2v) is 17.7. The number of nitrogens with zero attached hydrogens (tertiary/aromatic N) is 6. The molecule has 0 saturated carbocycles. The Morgan fingerprint density at radius 1 is 0.438 bits per heavy atom. The molecular formula is C40H46N6O15S3. The van der Waals surface area contributed by atoms with E-state index in [0.717, 1.165) is 64.7 Å². The average molecular weight is 947 g/mol. The van der Waals surface area contributed by atoms with E-state index in [1.54, 1.807) is 18.8 Å². The summed E-state index contributed by atoms with van der Waals surface area (Å²) < 4.78 is 17.7. The molecule has 6 heterocycles. The minimum Gasteiger partial charge on any atom is -0.367 e. The van der Waals surface area contributed by atoms with Crippen molar-refractivity contribution in [3.05, 3.63) is 32.9 Å². The maximum Gasteiger partial charge on any atom is 0.267 e. The molecular weight excluding hydrogens is 901 g/mol. The molecule has 64 heavy (non-hydrogen) atoms. The third-order valence-corrected chi connectivity index (χ3v) is 13.3. The first-order valence-electron chi connectivity index (χ1n) is 20.3. The summed E-state index contributed by atoms with van der Waals surface area (Å²) in [6.45, 7) is -1.15. The molecule has 3 fully saturated rings. The van der Waals surface area contributed by atoms with Crippen LogP contribution in [-0.2, 0) is 71.7 Å². The molecule has 3 atom stereocenters. The third kappa shape index (κ3) is 10.6. The Labute approximate surface area is 379 Å². The molecule has 0 N–H and O–H groups in total. The lowest BCUT2D eigenvalue weighted by molar-refractivity contribution is -0.145. The largest absolute Gasteiger partial charge is 0.367 e. The minimum atomic E-state index is -1.22. The number of likely N-dealkylation sites (tertiary alicyclic amines) is 3. The Kier molecular flexibility index (Phi) is 16.1. The lowest BCUT2D eigenvalue weighted by atomic mass is 10.1. The van der Waals surface area contributed by atoms with E-state index in [9.17, 15) is 57.5 Å². The van der Waals surface area contributed by atoms with Crippen molar-refractivity contribution in [1.82, 2.24) is 29.4 Å². The highest BCUT2D eigenvalue weighted by molar-refractivity contribution is 8.03. The maximum atomic E-state index is 13.3. The van der Waals surface area contributed by atoms with Crippen molar-refractivity contribution in [2.45, 2.75) is 56.8 Å². The van der Waals surface area contributed by atoms with Gasteiger partial charge >= 0.3 is 0 Å². The van der Waals surface area contributed by atoms with Crippen molar-refractivity contribution >= 4 is 106 Å². The van der Waals surface area contributed by atoms with Crippen LogP contribution in [0, 0.1) is 5.92 Å². The summed E-state index contributed by atoms with van der Waals surface area (Å²) in [4.78, 5) is 160. The van der Waals surface area contributed by atoms with Crippen LogP contribution in [0.15, 0.2) is 32.9 Å². The second-order valence-electron chi connectivity index (χ2n) is 15.2. The van der Waals surface area contributed by atoms with Gasteiger partial charge in [-0.3, -0.25) is 86.9 Å². The van der Waals surface area contributed by atoms with Crippen molar-refractivity contribution in [2.75, 3.05) is 77.9 Å². The minimum absolute atomic E-state index is 0.0141. The SMILES string of the molecule is CSC1=CC(=O)N(CCCN2C(=O)CC(OCC(COC3CC(=O)N(CCCN4C(=O)C=C(SC)C4=O)C3=O)COC3CC(=O)N(CCCN4C(=O)C=C(SC)C4=O)C3=O)C2=O)C1=O. The smallest absolute Gasteiger partial charge is 0.267 e. The van der Waals surface area contributed by atoms with E-state index < -0.39 is 95.1 Å². The number of thioether (sulfide) groups is 3. The molecule has 6 rings (SSSR count). The van der Waals surface area contributed by atoms with Gasteiger partial charge in [0.1, 0.15) is 18.3 Å². The zero-order chi connectivity index (χ0) is 46.4. The highest BCUT2D eigenvalue weighted by Gasteiger charge is 2.44. The molecule has 0 bridgehead atoms. The molecule has 6 aliphatic heterocycles. The standard InChI is InChI=1S/C40H46N6O15S3/c1-62-26-16-32(50)44(38(26)56)10-4-7-41-29(47)13-23(35(41)53)59-19-22(20-60-24-14-30(48)42(36(24)54)8-5-11-45-33(51)17-27(63-2)39(45)57)21-61-25-15-31(49)43(37(25)55)9-6-12-46-34(52)18-28(64-3)40(46)58/h16-18,22-25H,4-15,19-21H2,1-3H3. The van der Waals surface area contributed by atoms with Gasteiger partial charge < -0.3 is 14.2 Å². The molecule has 0 aromatic rings. The van der Waals surface area contributed by atoms with E-state index in [2.05, 4.69) is 0 Å². The fraction of sp³-hybridized carbons (Fsp3) is 0.550. The Balaban J connectivity index is 1.03. The summed E-state index contributed by atoms with van der Waals surface area (Å²) in [7, 11) is 0. The Morgan fingerprint density at radius 2 is 0.688 bits per heavy atom. The van der Waals surface area contributed by atoms with E-state index in [0.29, 0.717) is 0 Å². The predicted octanol–water partition coefficient (Wildman–Crippen LogP) is -0.948. The van der Waals surface area contributed by atoms with Gasteiger partial charge in [-0.1, -0.05) is 0 Å². The van der Waals surface area contributed by atoms with Crippen LogP contribution in [0.1, 0.15) is 38.5 Å². The number of carbonyl (C=O) groups excluding carboxylic acids is 12. The third-order valence-electron chi connectivity index (χ3n) is 11.1. The molecule has 24 heteroatoms. The van der Waals surface area contributed by atoms with Gasteiger partial charge in [0.05, 0.1) is 53.8 Å². The van der Waals surface area contributed by atoms with Crippen molar-refractivity contribution in [1.29, 1.82) is 0 Å². The highest BCUT2D eigenvalue weighted by atomic mass is 32.2. The average Bonchev–Trinajstić information content (AvgIpc) is 4.04. The molecule has 0 aromatic carbocycles. The predicted molar refractivity (Wildman–Crippen MR) is 226 cm³/mol. The van der Waals surface area contributed by atoms with Crippen molar-refractivity contribution in [3.8, 4) is 0 Å². The molecule has 3 unspecified atom stereocenters. The first kappa shape index (κ1) is 48.4. The lowest BCUT2D eigenvalue weighted by Gasteiger charge is -2.23. The van der Waals surface area contributed by atoms with Crippen LogP contribution in [-0.4, -0.2) is 196 Å². The van der Waals surface area contributed by atoms with Gasteiger partial charge in [0.15, 0.2) is 0 Å². The molecule has 21 nitrogen and oxygen atoms in total. The number of rotatable bonds is 24. The number of hydrogen-bond acceptors (Lipinski definition) is 18. The van der Waals surface area contributed by atoms with Crippen molar-refractivity contribution in [2.24, 2.45) is 5.92 Å². The number of imide groups is 6. The van der Waals surface area contributed by atoms with E-state index in [1.807, 2.05) is 0 Å². The zero-order valence-corrected chi connectivity index (χ0v) is 37.6. The monoisotopic (exact) mass is 946 g/mol. The quantitative estimate of drug-likeness (QED) is 0.106. The van der Waals surface area contributed by atoms with Gasteiger partial charge in [-0.25, -0.2) is 0 Å². The van der Waals surface area contributed by atoms with Crippen molar-refractivity contribution in [3.63, 3.8) is 0 Å². The van der Waals surface area contributed by atoms with Crippen LogP contribution in [0.3, 0.4) is 0 Å². The summed E-state index contributed by atoms with van der Waals surface area (Å²) in [5, 5.41) is 0. The van der Waals surface area contributed by atoms with Gasteiger partial charge in [-0.05, 0) is 38.0 Å². The molecule has 0 aliphatic carbocycles. The molecule has 0 spiro atoms. The van der Waals surface area contributed by atoms with E-state index >= 15 is 0 Å². The van der Waals surface area contributed by atoms with Crippen molar-refractivity contribution < 1.29 is 71.7 Å². The fourth-order valence-corrected chi connectivity index (χ4v) is 9.15. The molecule has 0 aromatic heterocycles. The summed E-state index contributed by atoms with van der Waals surface area (Å²) in [6, 6.07) is 0. The first-order chi connectivity index (χ1) is 30.6. The summed E-state index contributed by atoms with van der Waals surface area (Å²) in [5.74, 6) is -7.18. The summed E-state index contributed by atoms with van der Waals surface area (Å²) in [5.41, 5.74) is 0. The second kappa shape index (κ2) is 21.3. The van der Waals surface area contributed by atoms with E-state index in [4.69, 9.17) is 14.2 Å². The Morgan fingerprint density at radius 3 is 0.922 bits per heavy atom. The van der Waals surface area contributed by atoms with Gasteiger partial charge in [-0.2, -0.15) is 0 Å². The molecule has 344 valence electrons. The van der Waals surface area contributed by atoms with Gasteiger partial charge in [0.2, 0.25) is 17.7 Å². The van der Waals surface area contributed by atoms with Crippen LogP contribution >= 0.6 is 35.3 Å². The highest BCUT2D eigenvalue weighted by Crippen LogP contribution is 2.27. The van der Waals surface area contributed by atoms with Crippen LogP contribution < -0.4 is 0 Å². The van der Waals surface area contributed by atoms with Gasteiger partial charge in [0.25, 0.3) is 53.2 Å². The summed E-state index contributed by atoms with van der Waals surface area (Å²) >= 11 is 3.41. The number of carbonyl (C=O) groups is 12. The fourth-order valence-electron chi connectivity index (χ4n) is 7.64. The first-order valence-corrected chi connectivity index (χ1v) is 24.0. The number of ether oxygens (including phenoxy) is 3. The zero-order valence-electron chi connectivity index (χ0n) is 35.2. The van der Waals surface area contributed by atoms with Crippen LogP contribution in [0.2, 0.25) is 0 Å². The maximum absolute atomic E-state index is 13.3. The van der Waals surface area contributed by atoms with Crippen LogP contribution in [0.25, 0.3) is 0 Å². The molecule has 6 aliphatic rings. The Hall–Kier alpha value is -5.01. The normalized spacial score (nSPS) is 23.5. The van der Waals surface area contributed by atoms with Crippen LogP contribution in [0.5, 0.6) is 0 Å². The topological polar surface area (TPSA) is 252 Å². The lowest BCUT2D eigenvalue weighted by Crippen LogP contribution is -2.39. The Bertz CT molecular complexity index is 1910. The van der Waals surface area contributed by atoms with E-state index in [1.165, 1.54) is 18.2 Å². The number of amides is 12. The van der Waals surface area contributed by atoms with E-state index in [-0.39, 0.29) is 112 Å². The molecule has 12 amide bonds. The van der Waals surface area contributed by atoms with Gasteiger partial charge in [-0.15, -0.1) is 35.3 Å². The summed E-state index contributed by atoms with van der Waals surface area (Å²) in [6.07, 6.45) is 4.48. The van der Waals surface area contributed by atoms with Gasteiger partial charge in [0, 0.05) is 63.4 Å². The molecule has 0 radical (unpaired) electrons.